The van der Waals surface area contributed by atoms with Crippen LogP contribution < -0.4 is 0 Å². The number of fused-ring (bicyclic) bond motifs is 1. The first-order chi connectivity index (χ1) is 13.8. The van der Waals surface area contributed by atoms with E-state index in [2.05, 4.69) is 33.9 Å². The molecule has 0 saturated carbocycles. The van der Waals surface area contributed by atoms with Crippen LogP contribution >= 0.6 is 0 Å². The highest BCUT2D eigenvalue weighted by molar-refractivity contribution is 6.74. The van der Waals surface area contributed by atoms with Gasteiger partial charge in [-0.3, -0.25) is 9.69 Å². The fourth-order valence-corrected chi connectivity index (χ4v) is 4.63. The fourth-order valence-electron chi connectivity index (χ4n) is 3.61. The third kappa shape index (κ3) is 6.18. The van der Waals surface area contributed by atoms with Crippen molar-refractivity contribution in [1.82, 2.24) is 4.90 Å². The smallest absolute Gasteiger partial charge is 0.411 e. The van der Waals surface area contributed by atoms with E-state index in [1.54, 1.807) is 11.0 Å². The number of carbonyl (C=O) groups is 2. The lowest BCUT2D eigenvalue weighted by molar-refractivity contribution is -0.165. The summed E-state index contributed by atoms with van der Waals surface area (Å²) in [5.41, 5.74) is -0.657. The second-order valence-corrected chi connectivity index (χ2v) is 16.4. The second-order valence-electron chi connectivity index (χ2n) is 11.6. The molecule has 0 spiro atoms. The molecule has 0 aliphatic carbocycles. The number of carbonyl (C=O) groups excluding carboxylic acids is 2. The molecule has 2 aliphatic rings. The van der Waals surface area contributed by atoms with Gasteiger partial charge in [0, 0.05) is 0 Å². The van der Waals surface area contributed by atoms with Crippen LogP contribution in [0.1, 0.15) is 62.3 Å². The maximum Gasteiger partial charge on any atom is 0.411 e. The van der Waals surface area contributed by atoms with Crippen LogP contribution in [0.3, 0.4) is 0 Å². The summed E-state index contributed by atoms with van der Waals surface area (Å²) < 4.78 is 24.6. The Morgan fingerprint density at radius 3 is 2.10 bits per heavy atom. The van der Waals surface area contributed by atoms with Crippen LogP contribution in [0, 0.1) is 0 Å². The highest BCUT2D eigenvalue weighted by Gasteiger charge is 2.59. The molecule has 2 rings (SSSR count). The van der Waals surface area contributed by atoms with Crippen molar-refractivity contribution < 1.29 is 28.2 Å². The first-order valence-electron chi connectivity index (χ1n) is 11.0. The number of rotatable bonds is 5. The molecular formula is C23H41NO6Si. The van der Waals surface area contributed by atoms with Gasteiger partial charge in [-0.15, -0.1) is 0 Å². The largest absolute Gasteiger partial charge is 0.444 e. The average molecular weight is 456 g/mol. The zero-order valence-electron chi connectivity index (χ0n) is 21.1. The summed E-state index contributed by atoms with van der Waals surface area (Å²) in [5, 5.41) is 0.0298. The van der Waals surface area contributed by atoms with E-state index in [0.29, 0.717) is 6.61 Å². The van der Waals surface area contributed by atoms with Crippen LogP contribution in [0.2, 0.25) is 18.1 Å². The molecule has 0 radical (unpaired) electrons. The Kier molecular flexibility index (Phi) is 7.23. The molecule has 2 heterocycles. The number of hydrogen-bond acceptors (Lipinski definition) is 6. The molecule has 4 atom stereocenters. The summed E-state index contributed by atoms with van der Waals surface area (Å²) in [6.45, 7) is 21.9. The molecule has 1 amide bonds. The van der Waals surface area contributed by atoms with Crippen LogP contribution in [0.5, 0.6) is 0 Å². The molecule has 0 aromatic rings. The van der Waals surface area contributed by atoms with Crippen molar-refractivity contribution in [3.63, 3.8) is 0 Å². The van der Waals surface area contributed by atoms with Gasteiger partial charge in [-0.05, 0) is 65.8 Å². The molecule has 0 bridgehead atoms. The van der Waals surface area contributed by atoms with Gasteiger partial charge in [0.1, 0.15) is 17.8 Å². The van der Waals surface area contributed by atoms with Crippen molar-refractivity contribution in [2.24, 2.45) is 0 Å². The maximum atomic E-state index is 13.3. The fraction of sp³-hybridized carbons (Fsp3) is 0.826. The van der Waals surface area contributed by atoms with Gasteiger partial charge in [0.2, 0.25) is 0 Å². The number of amides is 1. The second kappa shape index (κ2) is 8.61. The number of nitrogens with zero attached hydrogens (tertiary/aromatic N) is 1. The summed E-state index contributed by atoms with van der Waals surface area (Å²) in [7, 11) is -2.07. The van der Waals surface area contributed by atoms with Crippen LogP contribution in [0.4, 0.5) is 4.79 Å². The van der Waals surface area contributed by atoms with Crippen molar-refractivity contribution in [3.05, 3.63) is 12.2 Å². The van der Waals surface area contributed by atoms with Gasteiger partial charge in [-0.25, -0.2) is 4.79 Å². The molecule has 7 nitrogen and oxygen atoms in total. The predicted molar refractivity (Wildman–Crippen MR) is 122 cm³/mol. The van der Waals surface area contributed by atoms with E-state index in [0.717, 1.165) is 0 Å². The van der Waals surface area contributed by atoms with Gasteiger partial charge in [0.25, 0.3) is 0 Å². The monoisotopic (exact) mass is 455 g/mol. The molecule has 2 saturated heterocycles. The van der Waals surface area contributed by atoms with Gasteiger partial charge >= 0.3 is 6.09 Å². The van der Waals surface area contributed by atoms with Crippen LogP contribution in [0.25, 0.3) is 0 Å². The number of allylic oxidation sites excluding steroid dienone is 1. The molecule has 0 unspecified atom stereocenters. The van der Waals surface area contributed by atoms with E-state index < -0.39 is 44.0 Å². The number of likely N-dealkylation sites (tertiary alicyclic amines) is 1. The Balaban J connectivity index is 2.42. The van der Waals surface area contributed by atoms with Gasteiger partial charge < -0.3 is 18.6 Å². The lowest BCUT2D eigenvalue weighted by Crippen LogP contribution is -2.52. The van der Waals surface area contributed by atoms with Crippen molar-refractivity contribution in [2.75, 3.05) is 6.61 Å². The van der Waals surface area contributed by atoms with Gasteiger partial charge in [-0.2, -0.15) is 0 Å². The summed E-state index contributed by atoms with van der Waals surface area (Å²) in [6.07, 6.45) is 1.94. The van der Waals surface area contributed by atoms with E-state index >= 15 is 0 Å². The molecule has 2 fully saturated rings. The molecule has 31 heavy (non-hydrogen) atoms. The number of ether oxygens (including phenoxy) is 3. The molecule has 178 valence electrons. The SMILES string of the molecule is CC(=O)/C=C/[C@@H]1[C@@H]2OC(C)(C)O[C@@H]2[C@@H](CO[Si](C)(C)C(C)(C)C)N1C(=O)OC(C)(C)C. The average Bonchev–Trinajstić information content (AvgIpc) is 2.98. The quantitative estimate of drug-likeness (QED) is 0.443. The van der Waals surface area contributed by atoms with Crippen LogP contribution in [-0.2, 0) is 23.4 Å². The van der Waals surface area contributed by atoms with E-state index in [-0.39, 0.29) is 16.9 Å². The van der Waals surface area contributed by atoms with Crippen molar-refractivity contribution in [2.45, 2.75) is 116 Å². The molecule has 8 heteroatoms. The summed E-state index contributed by atoms with van der Waals surface area (Å²) in [4.78, 5) is 26.6. The van der Waals surface area contributed by atoms with Gasteiger partial charge in [0.05, 0.1) is 18.7 Å². The predicted octanol–water partition coefficient (Wildman–Crippen LogP) is 4.66. The molecular weight excluding hydrogens is 414 g/mol. The van der Waals surface area contributed by atoms with Crippen LogP contribution in [-0.4, -0.2) is 67.4 Å². The van der Waals surface area contributed by atoms with Crippen molar-refractivity contribution in [1.29, 1.82) is 0 Å². The minimum absolute atomic E-state index is 0.0298. The van der Waals surface area contributed by atoms with E-state index in [1.807, 2.05) is 34.6 Å². The van der Waals surface area contributed by atoms with Gasteiger partial charge in [0.15, 0.2) is 19.9 Å². The Morgan fingerprint density at radius 1 is 1.06 bits per heavy atom. The Morgan fingerprint density at radius 2 is 1.61 bits per heavy atom. The third-order valence-electron chi connectivity index (χ3n) is 6.11. The standard InChI is InChI=1S/C23H41NO6Si/c1-15(25)12-13-16-18-19(29-23(8,9)28-18)17(14-27-31(10,11)22(5,6)7)24(16)20(26)30-21(2,3)4/h12-13,16-19H,14H2,1-11H3/b13-12+/t16-,17-,18+,19-/m1/s1. The minimum Gasteiger partial charge on any atom is -0.444 e. The lowest BCUT2D eigenvalue weighted by atomic mass is 10.1. The van der Waals surface area contributed by atoms with Crippen molar-refractivity contribution >= 4 is 20.2 Å². The van der Waals surface area contributed by atoms with Gasteiger partial charge in [-0.1, -0.05) is 26.8 Å². The maximum absolute atomic E-state index is 13.3. The summed E-state index contributed by atoms with van der Waals surface area (Å²) >= 11 is 0. The molecule has 0 aromatic carbocycles. The summed E-state index contributed by atoms with van der Waals surface area (Å²) in [6, 6.07) is -0.879. The Bertz CT molecular complexity index is 719. The normalized spacial score (nSPS) is 28.8. The zero-order valence-corrected chi connectivity index (χ0v) is 22.1. The Labute approximate surface area is 188 Å². The van der Waals surface area contributed by atoms with E-state index in [4.69, 9.17) is 18.6 Å². The number of ketones is 1. The van der Waals surface area contributed by atoms with Crippen molar-refractivity contribution in [3.8, 4) is 0 Å². The Hall–Kier alpha value is -1.22. The zero-order chi connectivity index (χ0) is 24.0. The first-order valence-corrected chi connectivity index (χ1v) is 14.0. The molecule has 0 aromatic heterocycles. The highest BCUT2D eigenvalue weighted by Crippen LogP contribution is 2.43. The minimum atomic E-state index is -2.07. The van der Waals surface area contributed by atoms with E-state index in [9.17, 15) is 9.59 Å². The highest BCUT2D eigenvalue weighted by atomic mass is 28.4. The lowest BCUT2D eigenvalue weighted by Gasteiger charge is -2.39. The number of hydrogen-bond donors (Lipinski definition) is 0. The topological polar surface area (TPSA) is 74.3 Å². The van der Waals surface area contributed by atoms with Crippen LogP contribution in [0.15, 0.2) is 12.2 Å². The summed E-state index contributed by atoms with van der Waals surface area (Å²) in [5.74, 6) is -0.882. The van der Waals surface area contributed by atoms with E-state index in [1.165, 1.54) is 13.0 Å². The first kappa shape index (κ1) is 26.0. The molecule has 2 aliphatic heterocycles. The molecule has 0 N–H and O–H groups in total. The third-order valence-corrected chi connectivity index (χ3v) is 10.6.